The number of aryl methyl sites for hydroxylation is 2. The molecule has 2 aliphatic carbocycles. The van der Waals surface area contributed by atoms with Gasteiger partial charge in [0.2, 0.25) is 5.88 Å². The molecule has 1 fully saturated rings. The van der Waals surface area contributed by atoms with E-state index in [9.17, 15) is 4.79 Å². The third kappa shape index (κ3) is 2.72. The third-order valence-corrected chi connectivity index (χ3v) is 6.16. The van der Waals surface area contributed by atoms with Gasteiger partial charge in [-0.05, 0) is 68.4 Å². The number of fused-ring (bicyclic) bond motifs is 3. The van der Waals surface area contributed by atoms with Crippen LogP contribution >= 0.6 is 11.3 Å². The molecule has 2 aromatic heterocycles. The summed E-state index contributed by atoms with van der Waals surface area (Å²) in [6, 6.07) is 7.19. The molecule has 0 amide bonds. The van der Waals surface area contributed by atoms with E-state index in [1.165, 1.54) is 36.1 Å². The van der Waals surface area contributed by atoms with Gasteiger partial charge in [0.15, 0.2) is 0 Å². The van der Waals surface area contributed by atoms with Gasteiger partial charge in [0.25, 0.3) is 0 Å². The molecule has 5 heteroatoms. The Morgan fingerprint density at radius 2 is 1.88 bits per heavy atom. The quantitative estimate of drug-likeness (QED) is 0.618. The zero-order chi connectivity index (χ0) is 16.8. The summed E-state index contributed by atoms with van der Waals surface area (Å²) in [5.74, 6) is 2.81. The van der Waals surface area contributed by atoms with Crippen molar-refractivity contribution in [3.8, 4) is 11.6 Å². The number of nitrogens with zero attached hydrogens (tertiary/aromatic N) is 2. The van der Waals surface area contributed by atoms with Crippen LogP contribution < -0.4 is 4.74 Å². The summed E-state index contributed by atoms with van der Waals surface area (Å²) in [4.78, 5) is 23.0. The average molecular weight is 350 g/mol. The number of benzene rings is 1. The predicted octanol–water partition coefficient (Wildman–Crippen LogP) is 5.05. The van der Waals surface area contributed by atoms with Crippen LogP contribution in [0.3, 0.4) is 0 Å². The molecule has 4 nitrogen and oxygen atoms in total. The molecule has 0 N–H and O–H groups in total. The first-order chi connectivity index (χ1) is 12.3. The Balaban J connectivity index is 1.63. The van der Waals surface area contributed by atoms with Crippen molar-refractivity contribution in [3.05, 3.63) is 46.1 Å². The number of hydrogen-bond acceptors (Lipinski definition) is 5. The Hall–Kier alpha value is -2.27. The molecule has 0 radical (unpaired) electrons. The van der Waals surface area contributed by atoms with Crippen LogP contribution in [0.1, 0.15) is 58.2 Å². The molecular formula is C20H18N2O2S. The van der Waals surface area contributed by atoms with Crippen LogP contribution in [0.25, 0.3) is 10.2 Å². The summed E-state index contributed by atoms with van der Waals surface area (Å²) in [6.45, 7) is 0. The first kappa shape index (κ1) is 15.0. The molecule has 3 aromatic rings. The number of thiophene rings is 1. The van der Waals surface area contributed by atoms with Gasteiger partial charge >= 0.3 is 0 Å². The topological polar surface area (TPSA) is 52.1 Å². The van der Waals surface area contributed by atoms with Crippen LogP contribution in [0.4, 0.5) is 0 Å². The number of aldehydes is 1. The van der Waals surface area contributed by atoms with Crippen LogP contribution in [0.2, 0.25) is 0 Å². The van der Waals surface area contributed by atoms with Crippen molar-refractivity contribution < 1.29 is 9.53 Å². The molecule has 0 atom stereocenters. The van der Waals surface area contributed by atoms with E-state index < -0.39 is 0 Å². The van der Waals surface area contributed by atoms with Crippen molar-refractivity contribution in [1.82, 2.24) is 9.97 Å². The van der Waals surface area contributed by atoms with Gasteiger partial charge in [0.05, 0.1) is 5.39 Å². The Morgan fingerprint density at radius 1 is 1.08 bits per heavy atom. The lowest BCUT2D eigenvalue weighted by Gasteiger charge is -2.12. The smallest absolute Gasteiger partial charge is 0.231 e. The van der Waals surface area contributed by atoms with Crippen LogP contribution in [-0.2, 0) is 12.8 Å². The summed E-state index contributed by atoms with van der Waals surface area (Å²) in [6.07, 6.45) is 7.88. The normalized spacial score (nSPS) is 16.6. The predicted molar refractivity (Wildman–Crippen MR) is 97.9 cm³/mol. The van der Waals surface area contributed by atoms with Gasteiger partial charge in [-0.3, -0.25) is 4.79 Å². The minimum Gasteiger partial charge on any atom is -0.438 e. The molecule has 1 saturated carbocycles. The third-order valence-electron chi connectivity index (χ3n) is 4.97. The summed E-state index contributed by atoms with van der Waals surface area (Å²) in [5.41, 5.74) is 2.03. The van der Waals surface area contributed by atoms with Crippen molar-refractivity contribution in [2.45, 2.75) is 44.4 Å². The maximum absolute atomic E-state index is 10.8. The molecular weight excluding hydrogens is 332 g/mol. The van der Waals surface area contributed by atoms with E-state index in [1.807, 2.05) is 23.5 Å². The molecule has 5 rings (SSSR count). The van der Waals surface area contributed by atoms with E-state index in [-0.39, 0.29) is 0 Å². The summed E-state index contributed by atoms with van der Waals surface area (Å²) in [5, 5.41) is 1.10. The Morgan fingerprint density at radius 3 is 2.64 bits per heavy atom. The number of aromatic nitrogens is 2. The number of hydrogen-bond donors (Lipinski definition) is 0. The van der Waals surface area contributed by atoms with Crippen molar-refractivity contribution in [2.24, 2.45) is 0 Å². The van der Waals surface area contributed by atoms with Gasteiger partial charge in [-0.25, -0.2) is 4.98 Å². The number of rotatable bonds is 4. The lowest BCUT2D eigenvalue weighted by molar-refractivity contribution is 0.112. The van der Waals surface area contributed by atoms with Gasteiger partial charge in [0, 0.05) is 16.4 Å². The van der Waals surface area contributed by atoms with E-state index in [0.717, 1.165) is 35.2 Å². The molecule has 2 aliphatic rings. The monoisotopic (exact) mass is 350 g/mol. The highest BCUT2D eigenvalue weighted by Gasteiger charge is 2.30. The molecule has 0 bridgehead atoms. The molecule has 0 spiro atoms. The minimum atomic E-state index is 0.489. The molecule has 2 heterocycles. The lowest BCUT2D eigenvalue weighted by atomic mass is 9.97. The number of carbonyl (C=O) groups is 1. The second-order valence-electron chi connectivity index (χ2n) is 6.84. The van der Waals surface area contributed by atoms with E-state index in [4.69, 9.17) is 14.7 Å². The zero-order valence-electron chi connectivity index (χ0n) is 13.8. The van der Waals surface area contributed by atoms with Crippen molar-refractivity contribution >= 4 is 27.8 Å². The fraction of sp³-hybridized carbons (Fsp3) is 0.350. The van der Waals surface area contributed by atoms with Gasteiger partial charge in [0.1, 0.15) is 22.7 Å². The summed E-state index contributed by atoms with van der Waals surface area (Å²) in [7, 11) is 0. The largest absolute Gasteiger partial charge is 0.438 e. The average Bonchev–Trinajstić information content (AvgIpc) is 3.43. The highest BCUT2D eigenvalue weighted by Crippen LogP contribution is 2.44. The van der Waals surface area contributed by atoms with Gasteiger partial charge < -0.3 is 4.74 Å². The molecule has 1 aromatic carbocycles. The SMILES string of the molecule is O=Cc1ccc(Oc2nc(C3CC3)nc3sc4c(c23)CCCC4)cc1. The zero-order valence-corrected chi connectivity index (χ0v) is 14.6. The second-order valence-corrected chi connectivity index (χ2v) is 7.92. The molecule has 0 aliphatic heterocycles. The second kappa shape index (κ2) is 5.92. The molecule has 0 saturated heterocycles. The maximum atomic E-state index is 10.8. The first-order valence-electron chi connectivity index (χ1n) is 8.87. The summed E-state index contributed by atoms with van der Waals surface area (Å²) < 4.78 is 6.17. The van der Waals surface area contributed by atoms with E-state index in [0.29, 0.717) is 23.1 Å². The Labute approximate surface area is 149 Å². The Kier molecular flexibility index (Phi) is 3.55. The van der Waals surface area contributed by atoms with Crippen molar-refractivity contribution in [1.29, 1.82) is 0 Å². The van der Waals surface area contributed by atoms with Gasteiger partial charge in [-0.2, -0.15) is 4.98 Å². The van der Waals surface area contributed by atoms with Crippen molar-refractivity contribution in [3.63, 3.8) is 0 Å². The van der Waals surface area contributed by atoms with Crippen LogP contribution in [-0.4, -0.2) is 16.3 Å². The van der Waals surface area contributed by atoms with Crippen molar-refractivity contribution in [2.75, 3.05) is 0 Å². The van der Waals surface area contributed by atoms with E-state index in [1.54, 1.807) is 12.1 Å². The minimum absolute atomic E-state index is 0.489. The molecule has 126 valence electrons. The van der Waals surface area contributed by atoms with Crippen LogP contribution in [0, 0.1) is 0 Å². The standard InChI is InChI=1S/C20H18N2O2S/c23-11-12-5-9-14(10-6-12)24-19-17-15-3-1-2-4-16(15)25-20(17)22-18(21-19)13-7-8-13/h5-6,9-11,13H,1-4,7-8H2. The lowest BCUT2D eigenvalue weighted by Crippen LogP contribution is -2.01. The highest BCUT2D eigenvalue weighted by atomic mass is 32.1. The Bertz CT molecular complexity index is 958. The van der Waals surface area contributed by atoms with E-state index in [2.05, 4.69) is 0 Å². The number of carbonyl (C=O) groups excluding carboxylic acids is 1. The van der Waals surface area contributed by atoms with Crippen LogP contribution in [0.15, 0.2) is 24.3 Å². The fourth-order valence-electron chi connectivity index (χ4n) is 3.46. The maximum Gasteiger partial charge on any atom is 0.231 e. The fourth-order valence-corrected chi connectivity index (χ4v) is 4.72. The summed E-state index contributed by atoms with van der Waals surface area (Å²) >= 11 is 1.81. The molecule has 0 unspecified atom stereocenters. The first-order valence-corrected chi connectivity index (χ1v) is 9.69. The number of ether oxygens (including phenoxy) is 1. The highest BCUT2D eigenvalue weighted by molar-refractivity contribution is 7.18. The van der Waals surface area contributed by atoms with E-state index >= 15 is 0 Å². The molecule has 25 heavy (non-hydrogen) atoms. The van der Waals surface area contributed by atoms with Gasteiger partial charge in [-0.1, -0.05) is 0 Å². The van der Waals surface area contributed by atoms with Gasteiger partial charge in [-0.15, -0.1) is 11.3 Å². The van der Waals surface area contributed by atoms with Crippen LogP contribution in [0.5, 0.6) is 11.6 Å².